The number of methoxy groups -OCH3 is 1. The summed E-state index contributed by atoms with van der Waals surface area (Å²) in [5.74, 6) is 1.82. The summed E-state index contributed by atoms with van der Waals surface area (Å²) >= 11 is 0. The highest BCUT2D eigenvalue weighted by Crippen LogP contribution is 2.70. The lowest BCUT2D eigenvalue weighted by atomic mass is 9.45. The summed E-state index contributed by atoms with van der Waals surface area (Å²) in [6, 6.07) is 0. The van der Waals surface area contributed by atoms with Crippen molar-refractivity contribution in [3.63, 3.8) is 0 Å². The summed E-state index contributed by atoms with van der Waals surface area (Å²) in [4.78, 5) is 0. The van der Waals surface area contributed by atoms with Gasteiger partial charge in [0.25, 0.3) is 0 Å². The summed E-state index contributed by atoms with van der Waals surface area (Å²) in [6.45, 7) is 13.5. The summed E-state index contributed by atoms with van der Waals surface area (Å²) in [5.41, 5.74) is 0.444. The van der Waals surface area contributed by atoms with Crippen LogP contribution in [-0.4, -0.2) is 42.0 Å². The molecule has 4 aliphatic carbocycles. The average molecular weight is 447 g/mol. The molecule has 2 fully saturated rings. The topological polar surface area (TPSA) is 73.5 Å². The number of ether oxygens (including phenoxy) is 3. The number of nitrogens with two attached hydrogens (primary N) is 1. The van der Waals surface area contributed by atoms with Crippen molar-refractivity contribution in [3.8, 4) is 0 Å². The van der Waals surface area contributed by atoms with Crippen molar-refractivity contribution in [1.82, 2.24) is 0 Å². The molecule has 32 heavy (non-hydrogen) atoms. The number of hydrogen-bond donors (Lipinski definition) is 2. The molecule has 0 aromatic rings. The van der Waals surface area contributed by atoms with Crippen LogP contribution in [0.15, 0.2) is 23.5 Å². The van der Waals surface area contributed by atoms with Gasteiger partial charge in [-0.3, -0.25) is 5.41 Å². The van der Waals surface area contributed by atoms with Gasteiger partial charge >= 0.3 is 0 Å². The minimum absolute atomic E-state index is 0.141. The van der Waals surface area contributed by atoms with Crippen LogP contribution in [0.25, 0.3) is 0 Å². The molecule has 4 aliphatic rings. The highest BCUT2D eigenvalue weighted by atomic mass is 16.7. The first-order valence-electron chi connectivity index (χ1n) is 12.6. The molecule has 0 bridgehead atoms. The van der Waals surface area contributed by atoms with Crippen LogP contribution >= 0.6 is 0 Å². The second-order valence-corrected chi connectivity index (χ2v) is 11.3. The minimum Gasteiger partial charge on any atom is -0.501 e. The van der Waals surface area contributed by atoms with E-state index in [1.54, 1.807) is 7.11 Å². The molecule has 0 aromatic heterocycles. The number of allylic oxidation sites excluding steroid dienone is 3. The molecule has 0 aromatic carbocycles. The molecule has 3 N–H and O–H groups in total. The van der Waals surface area contributed by atoms with Crippen LogP contribution in [0.3, 0.4) is 0 Å². The van der Waals surface area contributed by atoms with Crippen LogP contribution < -0.4 is 5.41 Å². The molecule has 180 valence electrons. The summed E-state index contributed by atoms with van der Waals surface area (Å²) in [6.07, 6.45) is 9.60. The molecule has 2 saturated carbocycles. The molecule has 4 rings (SSSR count). The molecule has 0 aliphatic heterocycles. The van der Waals surface area contributed by atoms with Crippen molar-refractivity contribution < 1.29 is 24.7 Å². The molecule has 5 nitrogen and oxygen atoms in total. The van der Waals surface area contributed by atoms with E-state index in [0.29, 0.717) is 12.5 Å². The Morgan fingerprint density at radius 3 is 2.59 bits per heavy atom. The van der Waals surface area contributed by atoms with E-state index in [2.05, 4.69) is 32.9 Å². The molecular formula is C27H44NO4+. The lowest BCUT2D eigenvalue weighted by Gasteiger charge is -2.62. The Hall–Kier alpha value is -1.17. The quantitative estimate of drug-likeness (QED) is 0.481. The number of aliphatic hydroxyl groups is 1. The largest absolute Gasteiger partial charge is 0.501 e. The van der Waals surface area contributed by atoms with Gasteiger partial charge in [-0.2, -0.15) is 0 Å². The third kappa shape index (κ3) is 2.96. The van der Waals surface area contributed by atoms with E-state index >= 15 is 0 Å². The van der Waals surface area contributed by atoms with E-state index in [-0.39, 0.29) is 29.0 Å². The van der Waals surface area contributed by atoms with Gasteiger partial charge in [0.15, 0.2) is 17.6 Å². The zero-order valence-electron chi connectivity index (χ0n) is 21.2. The summed E-state index contributed by atoms with van der Waals surface area (Å²) in [7, 11) is 1.75. The Morgan fingerprint density at radius 2 is 1.97 bits per heavy atom. The third-order valence-corrected chi connectivity index (χ3v) is 10.1. The van der Waals surface area contributed by atoms with Crippen molar-refractivity contribution in [2.45, 2.75) is 97.6 Å². The van der Waals surface area contributed by atoms with E-state index in [1.807, 2.05) is 20.8 Å². The summed E-state index contributed by atoms with van der Waals surface area (Å²) in [5, 5.41) is 19.1. The number of rotatable bonds is 6. The van der Waals surface area contributed by atoms with Gasteiger partial charge in [-0.1, -0.05) is 26.8 Å². The van der Waals surface area contributed by atoms with Crippen molar-refractivity contribution in [3.05, 3.63) is 23.5 Å². The van der Waals surface area contributed by atoms with Crippen LogP contribution in [0.5, 0.6) is 0 Å². The molecular weight excluding hydrogens is 402 g/mol. The minimum atomic E-state index is -0.721. The second kappa shape index (κ2) is 7.95. The van der Waals surface area contributed by atoms with Crippen LogP contribution in [0.4, 0.5) is 0 Å². The van der Waals surface area contributed by atoms with E-state index in [0.717, 1.165) is 50.0 Å². The number of fused-ring (bicyclic) bond motifs is 5. The van der Waals surface area contributed by atoms with Gasteiger partial charge in [-0.25, -0.2) is 0 Å². The van der Waals surface area contributed by atoms with Crippen molar-refractivity contribution in [2.75, 3.05) is 13.7 Å². The van der Waals surface area contributed by atoms with Crippen LogP contribution in [0.2, 0.25) is 0 Å². The first kappa shape index (κ1) is 24.0. The van der Waals surface area contributed by atoms with Gasteiger partial charge in [0.1, 0.15) is 0 Å². The lowest BCUT2D eigenvalue weighted by molar-refractivity contribution is -0.257. The Kier molecular flexibility index (Phi) is 5.96. The van der Waals surface area contributed by atoms with Gasteiger partial charge in [0.2, 0.25) is 0 Å². The summed E-state index contributed by atoms with van der Waals surface area (Å²) < 4.78 is 18.1. The monoisotopic (exact) mass is 446 g/mol. The van der Waals surface area contributed by atoms with Crippen LogP contribution in [0, 0.1) is 28.6 Å². The average Bonchev–Trinajstić information content (AvgIpc) is 2.96. The van der Waals surface area contributed by atoms with Gasteiger partial charge in [-0.05, 0) is 75.4 Å². The van der Waals surface area contributed by atoms with Crippen molar-refractivity contribution in [1.29, 1.82) is 0 Å². The molecule has 0 radical (unpaired) electrons. The SMILES string of the molecule is CCOC(C)OC1(C(C)=[NH2+])[C@@H](C)CC2C3CC=C4C=C(OC)CC[C@]4(C)[C@@]3(O)CC[C@@]21C. The molecule has 0 spiro atoms. The van der Waals surface area contributed by atoms with E-state index in [1.165, 1.54) is 5.57 Å². The lowest BCUT2D eigenvalue weighted by Crippen LogP contribution is -2.69. The Labute approximate surface area is 194 Å². The maximum atomic E-state index is 12.4. The van der Waals surface area contributed by atoms with Crippen molar-refractivity contribution >= 4 is 5.71 Å². The van der Waals surface area contributed by atoms with Crippen LogP contribution in [-0.2, 0) is 14.2 Å². The van der Waals surface area contributed by atoms with E-state index < -0.39 is 11.2 Å². The maximum Gasteiger partial charge on any atom is 0.179 e. The molecule has 5 heteroatoms. The number of hydrogen-bond acceptors (Lipinski definition) is 4. The fourth-order valence-electron chi connectivity index (χ4n) is 8.44. The highest BCUT2D eigenvalue weighted by molar-refractivity contribution is 5.87. The van der Waals surface area contributed by atoms with Gasteiger partial charge in [0, 0.05) is 30.8 Å². The first-order valence-corrected chi connectivity index (χ1v) is 12.6. The standard InChI is InChI=1S/C27H43NO4/c1-8-31-19(4)32-27(18(3)28)17(2)15-23-22-10-9-20-16-21(30-7)11-12-24(20,5)26(22,29)14-13-25(23,27)6/h9,16-17,19,22-23,28-29H,8,10-15H2,1-7H3/p+1/t17-,19?,22?,23?,24-,25-,26+,27?/m0/s1. The van der Waals surface area contributed by atoms with E-state index in [4.69, 9.17) is 19.6 Å². The smallest absolute Gasteiger partial charge is 0.179 e. The first-order chi connectivity index (χ1) is 15.0. The van der Waals surface area contributed by atoms with Crippen molar-refractivity contribution in [2.24, 2.45) is 28.6 Å². The third-order valence-electron chi connectivity index (χ3n) is 10.1. The molecule has 8 atom stereocenters. The Balaban J connectivity index is 1.75. The second-order valence-electron chi connectivity index (χ2n) is 11.3. The van der Waals surface area contributed by atoms with Gasteiger partial charge in [0.05, 0.1) is 18.5 Å². The predicted octanol–water partition coefficient (Wildman–Crippen LogP) is 3.81. The van der Waals surface area contributed by atoms with Gasteiger partial charge < -0.3 is 19.3 Å². The molecule has 0 amide bonds. The van der Waals surface area contributed by atoms with Gasteiger partial charge in [-0.15, -0.1) is 0 Å². The Bertz CT molecular complexity index is 836. The van der Waals surface area contributed by atoms with Crippen LogP contribution in [0.1, 0.15) is 80.1 Å². The predicted molar refractivity (Wildman–Crippen MR) is 126 cm³/mol. The molecule has 4 unspecified atom stereocenters. The zero-order chi connectivity index (χ0) is 23.5. The van der Waals surface area contributed by atoms with E-state index in [9.17, 15) is 5.11 Å². The fourth-order valence-corrected chi connectivity index (χ4v) is 8.44. The highest BCUT2D eigenvalue weighted by Gasteiger charge is 2.73. The molecule has 0 heterocycles. The zero-order valence-corrected chi connectivity index (χ0v) is 21.2. The maximum absolute atomic E-state index is 12.4. The Morgan fingerprint density at radius 1 is 1.25 bits per heavy atom. The normalized spacial score (nSPS) is 46.3. The fraction of sp³-hybridized carbons (Fsp3) is 0.815. The molecule has 0 saturated heterocycles.